The number of aromatic nitrogens is 2. The lowest BCUT2D eigenvalue weighted by molar-refractivity contribution is -0.115. The number of carbonyl (C=O) groups excluding carboxylic acids is 2. The van der Waals surface area contributed by atoms with Crippen LogP contribution in [0.25, 0.3) is 10.6 Å². The van der Waals surface area contributed by atoms with Gasteiger partial charge in [0.2, 0.25) is 5.91 Å². The van der Waals surface area contributed by atoms with Gasteiger partial charge in [-0.05, 0) is 25.1 Å². The number of carbonyl (C=O) groups is 2. The van der Waals surface area contributed by atoms with Crippen LogP contribution in [0.15, 0.2) is 46.7 Å². The van der Waals surface area contributed by atoms with Crippen molar-refractivity contribution >= 4 is 28.9 Å². The summed E-state index contributed by atoms with van der Waals surface area (Å²) in [5.74, 6) is -0.312. The molecule has 2 heterocycles. The van der Waals surface area contributed by atoms with E-state index in [0.29, 0.717) is 12.3 Å². The molecule has 0 atom stereocenters. The molecule has 1 aromatic carbocycles. The summed E-state index contributed by atoms with van der Waals surface area (Å²) in [7, 11) is 1.23. The molecular formula is C20H19N3O5S. The van der Waals surface area contributed by atoms with Crippen molar-refractivity contribution < 1.29 is 19.1 Å². The molecule has 3 aromatic rings. The van der Waals surface area contributed by atoms with Crippen LogP contribution in [0.2, 0.25) is 0 Å². The first-order valence-electron chi connectivity index (χ1n) is 8.79. The highest BCUT2D eigenvalue weighted by Crippen LogP contribution is 2.32. The number of ether oxygens (including phenoxy) is 2. The Bertz CT molecular complexity index is 1090. The number of pyridine rings is 1. The van der Waals surface area contributed by atoms with E-state index in [4.69, 9.17) is 4.74 Å². The Balaban J connectivity index is 1.73. The average Bonchev–Trinajstić information content (AvgIpc) is 3.17. The Hall–Kier alpha value is -3.46. The number of nitrogens with one attached hydrogen (secondary N) is 2. The minimum Gasteiger partial charge on any atom is -0.493 e. The molecule has 8 nitrogen and oxygen atoms in total. The van der Waals surface area contributed by atoms with Gasteiger partial charge < -0.3 is 19.8 Å². The fourth-order valence-electron chi connectivity index (χ4n) is 2.61. The van der Waals surface area contributed by atoms with Crippen LogP contribution in [0.5, 0.6) is 5.75 Å². The van der Waals surface area contributed by atoms with E-state index >= 15 is 0 Å². The minimum absolute atomic E-state index is 0.0187. The lowest BCUT2D eigenvalue weighted by Crippen LogP contribution is -2.22. The summed E-state index contributed by atoms with van der Waals surface area (Å²) >= 11 is 1.40. The highest BCUT2D eigenvalue weighted by Gasteiger charge is 2.15. The first kappa shape index (κ1) is 20.3. The maximum absolute atomic E-state index is 12.4. The Morgan fingerprint density at radius 1 is 1.28 bits per heavy atom. The molecule has 150 valence electrons. The molecule has 29 heavy (non-hydrogen) atoms. The van der Waals surface area contributed by atoms with Gasteiger partial charge in [-0.1, -0.05) is 12.1 Å². The molecule has 9 heteroatoms. The number of nitrogens with zero attached hydrogens (tertiary/aromatic N) is 1. The number of thiazole rings is 1. The first-order chi connectivity index (χ1) is 14.0. The minimum atomic E-state index is -0.617. The second kappa shape index (κ2) is 9.16. The number of amides is 1. The maximum Gasteiger partial charge on any atom is 0.339 e. The fourth-order valence-corrected chi connectivity index (χ4v) is 3.46. The Morgan fingerprint density at radius 2 is 2.07 bits per heavy atom. The zero-order valence-corrected chi connectivity index (χ0v) is 16.7. The monoisotopic (exact) mass is 413 g/mol. The van der Waals surface area contributed by atoms with Gasteiger partial charge in [-0.2, -0.15) is 0 Å². The molecule has 0 spiro atoms. The number of anilines is 1. The summed E-state index contributed by atoms with van der Waals surface area (Å²) in [6.45, 7) is 2.45. The van der Waals surface area contributed by atoms with E-state index in [1.807, 2.05) is 31.2 Å². The van der Waals surface area contributed by atoms with Crippen molar-refractivity contribution in [3.63, 3.8) is 0 Å². The Labute approximate surface area is 170 Å². The molecule has 0 saturated heterocycles. The van der Waals surface area contributed by atoms with Crippen LogP contribution < -0.4 is 15.6 Å². The quantitative estimate of drug-likeness (QED) is 0.576. The molecule has 0 unspecified atom stereocenters. The summed E-state index contributed by atoms with van der Waals surface area (Å²) in [5.41, 5.74) is 0.999. The van der Waals surface area contributed by atoms with E-state index in [0.717, 1.165) is 16.3 Å². The first-order valence-corrected chi connectivity index (χ1v) is 9.67. The molecule has 0 aliphatic carbocycles. The van der Waals surface area contributed by atoms with Gasteiger partial charge in [0.1, 0.15) is 16.4 Å². The molecule has 1 amide bonds. The number of esters is 1. The van der Waals surface area contributed by atoms with Gasteiger partial charge in [-0.15, -0.1) is 11.3 Å². The maximum atomic E-state index is 12.4. The predicted octanol–water partition coefficient (Wildman–Crippen LogP) is 2.86. The van der Waals surface area contributed by atoms with Crippen LogP contribution in [0.4, 0.5) is 5.69 Å². The van der Waals surface area contributed by atoms with Crippen molar-refractivity contribution in [3.05, 3.63) is 63.5 Å². The lowest BCUT2D eigenvalue weighted by atomic mass is 10.2. The summed E-state index contributed by atoms with van der Waals surface area (Å²) in [5, 5.41) is 5.03. The van der Waals surface area contributed by atoms with E-state index in [9.17, 15) is 14.4 Å². The second-order valence-corrected chi connectivity index (χ2v) is 6.78. The van der Waals surface area contributed by atoms with E-state index in [2.05, 4.69) is 20.0 Å². The van der Waals surface area contributed by atoms with Crippen molar-refractivity contribution in [2.75, 3.05) is 19.0 Å². The predicted molar refractivity (Wildman–Crippen MR) is 109 cm³/mol. The standard InChI is InChI=1S/C20H19N3O5S/c1-3-28-16-7-5-4-6-14(16)19-22-13(11-29-19)9-17(24)23-15-8-12(20(26)27-2)10-21-18(15)25/h4-8,10-11H,3,9H2,1-2H3,(H,21,25)(H,23,24). The number of hydrogen-bond acceptors (Lipinski definition) is 7. The lowest BCUT2D eigenvalue weighted by Gasteiger charge is -2.07. The van der Waals surface area contributed by atoms with Crippen LogP contribution >= 0.6 is 11.3 Å². The summed E-state index contributed by atoms with van der Waals surface area (Å²) in [4.78, 5) is 42.8. The van der Waals surface area contributed by atoms with Gasteiger partial charge in [0.25, 0.3) is 5.56 Å². The number of benzene rings is 1. The molecule has 3 rings (SSSR count). The molecule has 0 aliphatic rings. The molecule has 0 radical (unpaired) electrons. The zero-order valence-electron chi connectivity index (χ0n) is 15.9. The van der Waals surface area contributed by atoms with Crippen LogP contribution in [-0.4, -0.2) is 35.6 Å². The van der Waals surface area contributed by atoms with Crippen molar-refractivity contribution in [1.29, 1.82) is 0 Å². The van der Waals surface area contributed by atoms with Crippen molar-refractivity contribution in [1.82, 2.24) is 9.97 Å². The number of aromatic amines is 1. The molecule has 0 aliphatic heterocycles. The summed E-state index contributed by atoms with van der Waals surface area (Å²) in [6, 6.07) is 8.83. The molecule has 0 fully saturated rings. The van der Waals surface area contributed by atoms with Crippen LogP contribution in [0.1, 0.15) is 23.0 Å². The van der Waals surface area contributed by atoms with Crippen LogP contribution in [0, 0.1) is 0 Å². The number of H-pyrrole nitrogens is 1. The van der Waals surface area contributed by atoms with Crippen LogP contribution in [-0.2, 0) is 16.0 Å². The van der Waals surface area contributed by atoms with E-state index in [1.165, 1.54) is 30.7 Å². The van der Waals surface area contributed by atoms with Crippen molar-refractivity contribution in [2.45, 2.75) is 13.3 Å². The smallest absolute Gasteiger partial charge is 0.339 e. The topological polar surface area (TPSA) is 110 Å². The third kappa shape index (κ3) is 4.88. The fraction of sp³-hybridized carbons (Fsp3) is 0.200. The Morgan fingerprint density at radius 3 is 2.83 bits per heavy atom. The average molecular weight is 413 g/mol. The Kier molecular flexibility index (Phi) is 6.40. The molecule has 0 saturated carbocycles. The number of para-hydroxylation sites is 1. The SMILES string of the molecule is CCOc1ccccc1-c1nc(CC(=O)Nc2cc(C(=O)OC)c[nH]c2=O)cs1. The van der Waals surface area contributed by atoms with Gasteiger partial charge in [-0.3, -0.25) is 9.59 Å². The van der Waals surface area contributed by atoms with Gasteiger partial charge >= 0.3 is 5.97 Å². The van der Waals surface area contributed by atoms with Crippen LogP contribution in [0.3, 0.4) is 0 Å². The van der Waals surface area contributed by atoms with E-state index in [-0.39, 0.29) is 17.7 Å². The highest BCUT2D eigenvalue weighted by atomic mass is 32.1. The normalized spacial score (nSPS) is 10.4. The third-order valence-corrected chi connectivity index (χ3v) is 4.83. The molecular weight excluding hydrogens is 394 g/mol. The number of rotatable bonds is 7. The second-order valence-electron chi connectivity index (χ2n) is 5.92. The van der Waals surface area contributed by atoms with Gasteiger partial charge in [0.15, 0.2) is 0 Å². The van der Waals surface area contributed by atoms with E-state index in [1.54, 1.807) is 5.38 Å². The van der Waals surface area contributed by atoms with Crippen molar-refractivity contribution in [3.8, 4) is 16.3 Å². The highest BCUT2D eigenvalue weighted by molar-refractivity contribution is 7.13. The zero-order chi connectivity index (χ0) is 20.8. The molecule has 2 N–H and O–H groups in total. The van der Waals surface area contributed by atoms with Gasteiger partial charge in [0, 0.05) is 11.6 Å². The summed E-state index contributed by atoms with van der Waals surface area (Å²) in [6.07, 6.45) is 1.21. The largest absolute Gasteiger partial charge is 0.493 e. The van der Waals surface area contributed by atoms with Crippen molar-refractivity contribution in [2.24, 2.45) is 0 Å². The van der Waals surface area contributed by atoms with E-state index < -0.39 is 17.4 Å². The number of hydrogen-bond donors (Lipinski definition) is 2. The third-order valence-electron chi connectivity index (χ3n) is 3.91. The summed E-state index contributed by atoms with van der Waals surface area (Å²) < 4.78 is 10.2. The number of methoxy groups -OCH3 is 1. The van der Waals surface area contributed by atoms with Gasteiger partial charge in [-0.25, -0.2) is 9.78 Å². The molecule has 2 aromatic heterocycles. The molecule has 0 bridgehead atoms. The van der Waals surface area contributed by atoms with Gasteiger partial charge in [0.05, 0.1) is 37.0 Å².